The van der Waals surface area contributed by atoms with E-state index in [0.717, 1.165) is 50.4 Å². The lowest BCUT2D eigenvalue weighted by Crippen LogP contribution is -2.49. The molecule has 140 valence electrons. The molecule has 0 radical (unpaired) electrons. The molecular weight excluding hydrogens is 334 g/mol. The molecule has 0 aromatic carbocycles. The zero-order chi connectivity index (χ0) is 18.1. The quantitative estimate of drug-likeness (QED) is 0.788. The third kappa shape index (κ3) is 3.16. The maximum absolute atomic E-state index is 13.0. The minimum Gasteiger partial charge on any atom is -0.469 e. The van der Waals surface area contributed by atoms with Crippen LogP contribution in [0.2, 0.25) is 0 Å². The third-order valence-corrected chi connectivity index (χ3v) is 5.58. The van der Waals surface area contributed by atoms with Crippen molar-refractivity contribution in [2.75, 3.05) is 26.8 Å². The smallest absolute Gasteiger partial charge is 0.257 e. The van der Waals surface area contributed by atoms with E-state index in [2.05, 4.69) is 5.16 Å². The van der Waals surface area contributed by atoms with Gasteiger partial charge >= 0.3 is 0 Å². The van der Waals surface area contributed by atoms with Gasteiger partial charge in [-0.25, -0.2) is 0 Å². The van der Waals surface area contributed by atoms with Crippen molar-refractivity contribution in [2.24, 2.45) is 0 Å². The molecule has 1 atom stereocenters. The number of aryl methyl sites for hydroxylation is 1. The van der Waals surface area contributed by atoms with E-state index < -0.39 is 0 Å². The van der Waals surface area contributed by atoms with Crippen LogP contribution in [0.1, 0.15) is 65.9 Å². The van der Waals surface area contributed by atoms with Gasteiger partial charge in [-0.2, -0.15) is 4.98 Å². The molecule has 1 amide bonds. The highest BCUT2D eigenvalue weighted by Gasteiger charge is 2.43. The molecular formula is C19H25N3O4. The van der Waals surface area contributed by atoms with Crippen LogP contribution in [0.3, 0.4) is 0 Å². The molecule has 1 aliphatic carbocycles. The number of hydrogen-bond donors (Lipinski definition) is 0. The zero-order valence-corrected chi connectivity index (χ0v) is 15.4. The number of rotatable bonds is 6. The van der Waals surface area contributed by atoms with Gasteiger partial charge in [0.25, 0.3) is 5.91 Å². The molecule has 0 spiro atoms. The minimum absolute atomic E-state index is 0.00338. The summed E-state index contributed by atoms with van der Waals surface area (Å²) < 4.78 is 16.2. The fraction of sp³-hybridized carbons (Fsp3) is 0.632. The second-order valence-electron chi connectivity index (χ2n) is 7.47. The Kier molecular flexibility index (Phi) is 4.56. The summed E-state index contributed by atoms with van der Waals surface area (Å²) in [6, 6.07) is 1.74. The largest absolute Gasteiger partial charge is 0.469 e. The van der Waals surface area contributed by atoms with Gasteiger partial charge in [-0.05, 0) is 45.1 Å². The van der Waals surface area contributed by atoms with Crippen LogP contribution in [0.25, 0.3) is 0 Å². The van der Waals surface area contributed by atoms with E-state index >= 15 is 0 Å². The number of aromatic nitrogens is 2. The summed E-state index contributed by atoms with van der Waals surface area (Å²) in [5.74, 6) is 2.54. The van der Waals surface area contributed by atoms with Crippen molar-refractivity contribution in [2.45, 2.75) is 50.4 Å². The molecule has 2 aromatic heterocycles. The summed E-state index contributed by atoms with van der Waals surface area (Å²) in [5.41, 5.74) is 0.303. The second kappa shape index (κ2) is 6.87. The molecule has 0 bridgehead atoms. The Hall–Kier alpha value is -2.15. The molecule has 7 nitrogen and oxygen atoms in total. The molecule has 4 rings (SSSR count). The van der Waals surface area contributed by atoms with E-state index in [1.54, 1.807) is 19.4 Å². The van der Waals surface area contributed by atoms with Crippen molar-refractivity contribution in [1.82, 2.24) is 15.0 Å². The lowest BCUT2D eigenvalue weighted by molar-refractivity contribution is 0.0565. The highest BCUT2D eigenvalue weighted by Crippen LogP contribution is 2.42. The maximum Gasteiger partial charge on any atom is 0.257 e. The Balaban J connectivity index is 1.60. The van der Waals surface area contributed by atoms with Gasteiger partial charge in [-0.3, -0.25) is 4.79 Å². The van der Waals surface area contributed by atoms with E-state index in [-0.39, 0.29) is 11.3 Å². The molecule has 1 unspecified atom stereocenters. The lowest BCUT2D eigenvalue weighted by atomic mass is 9.76. The van der Waals surface area contributed by atoms with Crippen LogP contribution < -0.4 is 0 Å². The highest BCUT2D eigenvalue weighted by atomic mass is 16.5. The van der Waals surface area contributed by atoms with Crippen molar-refractivity contribution in [3.05, 3.63) is 35.4 Å². The zero-order valence-electron chi connectivity index (χ0n) is 15.4. The first-order valence-corrected chi connectivity index (χ1v) is 9.29. The number of methoxy groups -OCH3 is 1. The third-order valence-electron chi connectivity index (χ3n) is 5.58. The van der Waals surface area contributed by atoms with Crippen molar-refractivity contribution in [1.29, 1.82) is 0 Å². The molecule has 0 N–H and O–H groups in total. The van der Waals surface area contributed by atoms with E-state index in [1.807, 2.05) is 11.8 Å². The molecule has 2 fully saturated rings. The standard InChI is InChI=1S/C19H25N3O4/c1-13-15(6-10-25-13)17(23)22-9-3-7-19(12-22,8-11-24-2)18-20-16(26-21-18)14-4-5-14/h6,10,14H,3-5,7-9,11-12H2,1-2H3. The molecule has 1 saturated carbocycles. The first-order valence-electron chi connectivity index (χ1n) is 9.29. The SMILES string of the molecule is COCCC1(c2noc(C3CC3)n2)CCCN(C(=O)c2ccoc2C)C1. The normalized spacial score (nSPS) is 23.4. The maximum atomic E-state index is 13.0. The van der Waals surface area contributed by atoms with Crippen molar-refractivity contribution >= 4 is 5.91 Å². The summed E-state index contributed by atoms with van der Waals surface area (Å²) >= 11 is 0. The number of hydrogen-bond acceptors (Lipinski definition) is 6. The van der Waals surface area contributed by atoms with Crippen LogP contribution >= 0.6 is 0 Å². The number of amides is 1. The van der Waals surface area contributed by atoms with Gasteiger partial charge < -0.3 is 18.6 Å². The van der Waals surface area contributed by atoms with E-state index in [4.69, 9.17) is 18.7 Å². The molecule has 7 heteroatoms. The predicted octanol–water partition coefficient (Wildman–Crippen LogP) is 3.06. The van der Waals surface area contributed by atoms with Crippen LogP contribution in [0.15, 0.2) is 21.3 Å². The molecule has 26 heavy (non-hydrogen) atoms. The molecule has 2 aliphatic rings. The van der Waals surface area contributed by atoms with Crippen molar-refractivity contribution in [3.8, 4) is 0 Å². The summed E-state index contributed by atoms with van der Waals surface area (Å²) in [7, 11) is 1.69. The van der Waals surface area contributed by atoms with Gasteiger partial charge in [0.1, 0.15) is 5.76 Å². The first-order chi connectivity index (χ1) is 12.6. The van der Waals surface area contributed by atoms with Crippen LogP contribution in [-0.2, 0) is 10.2 Å². The molecule has 2 aromatic rings. The topological polar surface area (TPSA) is 81.6 Å². The predicted molar refractivity (Wildman–Crippen MR) is 93.0 cm³/mol. The van der Waals surface area contributed by atoms with Gasteiger partial charge in [0.2, 0.25) is 5.89 Å². The number of likely N-dealkylation sites (tertiary alicyclic amines) is 1. The van der Waals surface area contributed by atoms with Gasteiger partial charge in [0.05, 0.1) is 17.2 Å². The Labute approximate surface area is 152 Å². The van der Waals surface area contributed by atoms with E-state index in [9.17, 15) is 4.79 Å². The van der Waals surface area contributed by atoms with Gasteiger partial charge in [-0.1, -0.05) is 5.16 Å². The fourth-order valence-corrected chi connectivity index (χ4v) is 3.82. The summed E-state index contributed by atoms with van der Waals surface area (Å²) in [6.07, 6.45) is 6.40. The minimum atomic E-state index is -0.321. The van der Waals surface area contributed by atoms with Gasteiger partial charge in [-0.15, -0.1) is 0 Å². The van der Waals surface area contributed by atoms with E-state index in [1.165, 1.54) is 0 Å². The molecule has 1 saturated heterocycles. The average Bonchev–Trinajstić information content (AvgIpc) is 3.22. The average molecular weight is 359 g/mol. The molecule has 1 aliphatic heterocycles. The summed E-state index contributed by atoms with van der Waals surface area (Å²) in [5, 5.41) is 4.30. The first kappa shape index (κ1) is 17.3. The Bertz CT molecular complexity index is 779. The van der Waals surface area contributed by atoms with Gasteiger partial charge in [0, 0.05) is 32.7 Å². The number of piperidine rings is 1. The van der Waals surface area contributed by atoms with Crippen LogP contribution in [0.5, 0.6) is 0 Å². The second-order valence-corrected chi connectivity index (χ2v) is 7.47. The number of carbonyl (C=O) groups is 1. The number of carbonyl (C=O) groups excluding carboxylic acids is 1. The fourth-order valence-electron chi connectivity index (χ4n) is 3.82. The Morgan fingerprint density at radius 3 is 3.00 bits per heavy atom. The van der Waals surface area contributed by atoms with Crippen molar-refractivity contribution < 1.29 is 18.5 Å². The monoisotopic (exact) mass is 359 g/mol. The van der Waals surface area contributed by atoms with E-state index in [0.29, 0.717) is 30.4 Å². The number of ether oxygens (including phenoxy) is 1. The van der Waals surface area contributed by atoms with Crippen LogP contribution in [-0.4, -0.2) is 47.8 Å². The number of furan rings is 1. The van der Waals surface area contributed by atoms with Crippen LogP contribution in [0, 0.1) is 6.92 Å². The summed E-state index contributed by atoms with van der Waals surface area (Å²) in [6.45, 7) is 3.71. The molecule has 3 heterocycles. The van der Waals surface area contributed by atoms with Crippen LogP contribution in [0.4, 0.5) is 0 Å². The number of nitrogens with zero attached hydrogens (tertiary/aromatic N) is 3. The van der Waals surface area contributed by atoms with Gasteiger partial charge in [0.15, 0.2) is 5.82 Å². The lowest BCUT2D eigenvalue weighted by Gasteiger charge is -2.40. The summed E-state index contributed by atoms with van der Waals surface area (Å²) in [4.78, 5) is 19.6. The highest BCUT2D eigenvalue weighted by molar-refractivity contribution is 5.95. The van der Waals surface area contributed by atoms with Crippen molar-refractivity contribution in [3.63, 3.8) is 0 Å². The Morgan fingerprint density at radius 1 is 1.46 bits per heavy atom. The Morgan fingerprint density at radius 2 is 2.31 bits per heavy atom.